The van der Waals surface area contributed by atoms with Crippen molar-refractivity contribution in [2.75, 3.05) is 18.4 Å². The molecular formula is C14H16Cl2N2O2. The Morgan fingerprint density at radius 2 is 1.70 bits per heavy atom. The van der Waals surface area contributed by atoms with Gasteiger partial charge in [0.05, 0.1) is 6.10 Å². The van der Waals surface area contributed by atoms with Crippen molar-refractivity contribution in [1.82, 2.24) is 4.90 Å². The van der Waals surface area contributed by atoms with Crippen LogP contribution in [0.4, 0.5) is 10.5 Å². The smallest absolute Gasteiger partial charge is 0.321 e. The number of hydrogen-bond donors (Lipinski definition) is 2. The number of carbonyl (C=O) groups excluding carboxylic acids is 1. The number of piperidine rings is 1. The van der Waals surface area contributed by atoms with E-state index in [4.69, 9.17) is 23.2 Å². The Labute approximate surface area is 127 Å². The number of aliphatic hydroxyl groups excluding tert-OH is 1. The number of amides is 2. The van der Waals surface area contributed by atoms with Gasteiger partial charge in [-0.2, -0.15) is 0 Å². The molecule has 108 valence electrons. The van der Waals surface area contributed by atoms with Crippen molar-refractivity contribution >= 4 is 34.9 Å². The van der Waals surface area contributed by atoms with E-state index < -0.39 is 0 Å². The third-order valence-electron chi connectivity index (χ3n) is 4.19. The van der Waals surface area contributed by atoms with Crippen LogP contribution in [0.15, 0.2) is 18.2 Å². The number of nitrogens with one attached hydrogen (secondary N) is 1. The van der Waals surface area contributed by atoms with Gasteiger partial charge in [-0.1, -0.05) is 23.2 Å². The van der Waals surface area contributed by atoms with Gasteiger partial charge in [0.1, 0.15) is 0 Å². The predicted octanol–water partition coefficient (Wildman–Crippen LogP) is 3.23. The fourth-order valence-corrected chi connectivity index (χ4v) is 3.71. The van der Waals surface area contributed by atoms with Gasteiger partial charge < -0.3 is 15.3 Å². The third-order valence-corrected chi connectivity index (χ3v) is 4.62. The van der Waals surface area contributed by atoms with Gasteiger partial charge in [0.25, 0.3) is 0 Å². The molecule has 2 N–H and O–H groups in total. The maximum Gasteiger partial charge on any atom is 0.321 e. The number of urea groups is 1. The van der Waals surface area contributed by atoms with Crippen LogP contribution in [0.2, 0.25) is 10.0 Å². The van der Waals surface area contributed by atoms with Crippen LogP contribution in [-0.4, -0.2) is 35.2 Å². The monoisotopic (exact) mass is 314 g/mol. The number of rotatable bonds is 1. The van der Waals surface area contributed by atoms with E-state index in [0.29, 0.717) is 28.8 Å². The average molecular weight is 315 g/mol. The highest BCUT2D eigenvalue weighted by Crippen LogP contribution is 2.37. The largest absolute Gasteiger partial charge is 0.392 e. The van der Waals surface area contributed by atoms with Crippen molar-refractivity contribution in [2.24, 2.45) is 11.8 Å². The standard InChI is InChI=1S/C14H16Cl2N2O2/c15-10-3-11(16)5-12(4-10)17-14(20)18-6-8-1-2-9(7-18)13(8)19/h3-5,8-9,13,19H,1-2,6-7H2,(H,17,20)/t8-,9+,13?. The molecule has 2 bridgehead atoms. The number of fused-ring (bicyclic) bond motifs is 2. The van der Waals surface area contributed by atoms with Gasteiger partial charge in [0, 0.05) is 40.7 Å². The quantitative estimate of drug-likeness (QED) is 0.836. The Balaban J connectivity index is 1.68. The summed E-state index contributed by atoms with van der Waals surface area (Å²) in [7, 11) is 0. The molecule has 2 fully saturated rings. The van der Waals surface area contributed by atoms with E-state index in [2.05, 4.69) is 5.32 Å². The Hall–Kier alpha value is -0.970. The Morgan fingerprint density at radius 3 is 2.25 bits per heavy atom. The summed E-state index contributed by atoms with van der Waals surface area (Å²) in [6.45, 7) is 1.22. The number of aliphatic hydroxyl groups is 1. The van der Waals surface area contributed by atoms with Crippen molar-refractivity contribution in [3.05, 3.63) is 28.2 Å². The number of benzene rings is 1. The molecule has 1 aliphatic carbocycles. The minimum Gasteiger partial charge on any atom is -0.392 e. The summed E-state index contributed by atoms with van der Waals surface area (Å²) in [5.74, 6) is 0.421. The van der Waals surface area contributed by atoms with Crippen LogP contribution in [0, 0.1) is 11.8 Å². The van der Waals surface area contributed by atoms with Gasteiger partial charge >= 0.3 is 6.03 Å². The molecule has 4 nitrogen and oxygen atoms in total. The molecule has 1 aliphatic heterocycles. The molecule has 1 unspecified atom stereocenters. The van der Waals surface area contributed by atoms with Crippen LogP contribution in [0.1, 0.15) is 12.8 Å². The van der Waals surface area contributed by atoms with E-state index >= 15 is 0 Å². The molecule has 3 atom stereocenters. The lowest BCUT2D eigenvalue weighted by Crippen LogP contribution is -2.48. The van der Waals surface area contributed by atoms with E-state index in [0.717, 1.165) is 12.8 Å². The van der Waals surface area contributed by atoms with Crippen molar-refractivity contribution in [2.45, 2.75) is 18.9 Å². The molecule has 1 saturated carbocycles. The molecule has 0 aromatic heterocycles. The predicted molar refractivity (Wildman–Crippen MR) is 79.3 cm³/mol. The van der Waals surface area contributed by atoms with Gasteiger partial charge in [-0.25, -0.2) is 4.79 Å². The first-order valence-electron chi connectivity index (χ1n) is 6.73. The lowest BCUT2D eigenvalue weighted by Gasteiger charge is -2.35. The lowest BCUT2D eigenvalue weighted by atomic mass is 9.95. The normalized spacial score (nSPS) is 28.6. The number of hydrogen-bond acceptors (Lipinski definition) is 2. The van der Waals surface area contributed by atoms with Gasteiger partial charge in [-0.05, 0) is 31.0 Å². The highest BCUT2D eigenvalue weighted by Gasteiger charge is 2.42. The fourth-order valence-electron chi connectivity index (χ4n) is 3.19. The molecule has 20 heavy (non-hydrogen) atoms. The van der Waals surface area contributed by atoms with Crippen molar-refractivity contribution in [1.29, 1.82) is 0 Å². The van der Waals surface area contributed by atoms with Gasteiger partial charge in [0.15, 0.2) is 0 Å². The third kappa shape index (κ3) is 2.73. The zero-order valence-electron chi connectivity index (χ0n) is 10.9. The molecule has 3 rings (SSSR count). The second-order valence-corrected chi connectivity index (χ2v) is 6.45. The fraction of sp³-hybridized carbons (Fsp3) is 0.500. The van der Waals surface area contributed by atoms with Crippen LogP contribution < -0.4 is 5.32 Å². The molecule has 6 heteroatoms. The molecule has 1 aromatic rings. The topological polar surface area (TPSA) is 52.6 Å². The van der Waals surface area contributed by atoms with Gasteiger partial charge in [-0.3, -0.25) is 0 Å². The first-order valence-corrected chi connectivity index (χ1v) is 7.48. The van der Waals surface area contributed by atoms with Gasteiger partial charge in [-0.15, -0.1) is 0 Å². The van der Waals surface area contributed by atoms with E-state index in [1.165, 1.54) is 0 Å². The SMILES string of the molecule is O=C(Nc1cc(Cl)cc(Cl)c1)N1C[C@H]2CC[C@@H](C1)C2O. The first-order chi connectivity index (χ1) is 9.52. The van der Waals surface area contributed by atoms with Crippen LogP contribution in [0.25, 0.3) is 0 Å². The van der Waals surface area contributed by atoms with Crippen LogP contribution >= 0.6 is 23.2 Å². The van der Waals surface area contributed by atoms with E-state index in [9.17, 15) is 9.90 Å². The summed E-state index contributed by atoms with van der Waals surface area (Å²) in [5.41, 5.74) is 0.589. The maximum atomic E-state index is 12.3. The highest BCUT2D eigenvalue weighted by molar-refractivity contribution is 6.35. The summed E-state index contributed by atoms with van der Waals surface area (Å²) in [5, 5.41) is 13.8. The summed E-state index contributed by atoms with van der Waals surface area (Å²) in [4.78, 5) is 14.0. The first kappa shape index (κ1) is 14.0. The molecule has 0 spiro atoms. The molecule has 2 aliphatic rings. The van der Waals surface area contributed by atoms with Crippen molar-refractivity contribution in [3.8, 4) is 0 Å². The molecule has 2 amide bonds. The molecule has 1 saturated heterocycles. The van der Waals surface area contributed by atoms with Crippen LogP contribution in [-0.2, 0) is 0 Å². The molecule has 1 aromatic carbocycles. The molecule has 1 heterocycles. The lowest BCUT2D eigenvalue weighted by molar-refractivity contribution is 0.0326. The Bertz CT molecular complexity index is 504. The average Bonchev–Trinajstić information content (AvgIpc) is 2.61. The Kier molecular flexibility index (Phi) is 3.80. The molecule has 0 radical (unpaired) electrons. The van der Waals surface area contributed by atoms with E-state index in [1.54, 1.807) is 23.1 Å². The second kappa shape index (κ2) is 5.43. The zero-order valence-corrected chi connectivity index (χ0v) is 12.4. The van der Waals surface area contributed by atoms with Crippen molar-refractivity contribution < 1.29 is 9.90 Å². The number of halogens is 2. The van der Waals surface area contributed by atoms with Crippen LogP contribution in [0.3, 0.4) is 0 Å². The minimum atomic E-state index is -0.250. The number of likely N-dealkylation sites (tertiary alicyclic amines) is 1. The number of anilines is 1. The minimum absolute atomic E-state index is 0.160. The van der Waals surface area contributed by atoms with Gasteiger partial charge in [0.2, 0.25) is 0 Å². The second-order valence-electron chi connectivity index (χ2n) is 5.58. The number of nitrogens with zero attached hydrogens (tertiary/aromatic N) is 1. The summed E-state index contributed by atoms with van der Waals surface area (Å²) >= 11 is 11.8. The van der Waals surface area contributed by atoms with Crippen molar-refractivity contribution in [3.63, 3.8) is 0 Å². The summed E-state index contributed by atoms with van der Waals surface area (Å²) in [6.07, 6.45) is 1.75. The highest BCUT2D eigenvalue weighted by atomic mass is 35.5. The Morgan fingerprint density at radius 1 is 1.15 bits per heavy atom. The summed E-state index contributed by atoms with van der Waals surface area (Å²) in [6, 6.07) is 4.79. The van der Waals surface area contributed by atoms with E-state index in [-0.39, 0.29) is 24.0 Å². The number of carbonyl (C=O) groups is 1. The molecular weight excluding hydrogens is 299 g/mol. The summed E-state index contributed by atoms with van der Waals surface area (Å²) < 4.78 is 0. The maximum absolute atomic E-state index is 12.3. The zero-order chi connectivity index (χ0) is 14.3. The van der Waals surface area contributed by atoms with Crippen LogP contribution in [0.5, 0.6) is 0 Å². The van der Waals surface area contributed by atoms with E-state index in [1.807, 2.05) is 0 Å².